The fourth-order valence-electron chi connectivity index (χ4n) is 2.98. The highest BCUT2D eigenvalue weighted by molar-refractivity contribution is 7.92. The second-order valence-electron chi connectivity index (χ2n) is 5.54. The van der Waals surface area contributed by atoms with Gasteiger partial charge >= 0.3 is 0 Å². The molecule has 0 heterocycles. The molecule has 0 amide bonds. The molecular weight excluding hydrogens is 367 g/mol. The van der Waals surface area contributed by atoms with Crippen molar-refractivity contribution < 1.29 is 8.42 Å². The zero-order valence-corrected chi connectivity index (χ0v) is 14.5. The molecule has 0 radical (unpaired) electrons. The van der Waals surface area contributed by atoms with Crippen molar-refractivity contribution in [3.63, 3.8) is 0 Å². The topological polar surface area (TPSA) is 81.7 Å². The minimum Gasteiger partial charge on any atom is -0.223 e. The Morgan fingerprint density at radius 1 is 0.958 bits per heavy atom. The Balaban J connectivity index is 2.11. The van der Waals surface area contributed by atoms with E-state index in [1.54, 1.807) is 24.3 Å². The van der Waals surface area contributed by atoms with Crippen molar-refractivity contribution >= 4 is 33.0 Å². The van der Waals surface area contributed by atoms with E-state index >= 15 is 0 Å². The zero-order valence-electron chi connectivity index (χ0n) is 12.1. The number of rotatable bonds is 3. The van der Waals surface area contributed by atoms with Crippen LogP contribution in [-0.2, 0) is 9.84 Å². The Morgan fingerprint density at radius 2 is 1.58 bits per heavy atom. The number of benzene rings is 2. The van der Waals surface area contributed by atoms with Gasteiger partial charge in [-0.2, -0.15) is 10.5 Å². The third-order valence-corrected chi connectivity index (χ3v) is 6.92. The highest BCUT2D eigenvalue weighted by Gasteiger charge is 2.73. The van der Waals surface area contributed by atoms with Gasteiger partial charge in [-0.25, -0.2) is 8.42 Å². The molecule has 1 aliphatic rings. The maximum atomic E-state index is 12.9. The van der Waals surface area contributed by atoms with Crippen LogP contribution in [-0.4, -0.2) is 13.7 Å². The molecule has 1 aliphatic carbocycles. The number of nitrogens with zero attached hydrogens (tertiary/aromatic N) is 2. The van der Waals surface area contributed by atoms with E-state index in [0.717, 1.165) is 0 Å². The van der Waals surface area contributed by atoms with Crippen LogP contribution in [0.25, 0.3) is 0 Å². The minimum absolute atomic E-state index is 0.0382. The van der Waals surface area contributed by atoms with Gasteiger partial charge in [-0.05, 0) is 42.0 Å². The molecule has 0 spiro atoms. The molecule has 7 heteroatoms. The van der Waals surface area contributed by atoms with Gasteiger partial charge in [-0.3, -0.25) is 0 Å². The van der Waals surface area contributed by atoms with Crippen LogP contribution < -0.4 is 0 Å². The van der Waals surface area contributed by atoms with E-state index in [2.05, 4.69) is 0 Å². The minimum atomic E-state index is -3.87. The van der Waals surface area contributed by atoms with E-state index in [1.807, 2.05) is 12.1 Å². The summed E-state index contributed by atoms with van der Waals surface area (Å²) in [5.74, 6) is -0.744. The Kier molecular flexibility index (Phi) is 4.05. The van der Waals surface area contributed by atoms with Crippen molar-refractivity contribution in [1.82, 2.24) is 0 Å². The summed E-state index contributed by atoms with van der Waals surface area (Å²) < 4.78 is 25.9. The van der Waals surface area contributed by atoms with Crippen LogP contribution in [0.4, 0.5) is 0 Å². The molecular formula is C17H10Cl2N2O2S. The first kappa shape index (κ1) is 16.8. The van der Waals surface area contributed by atoms with Gasteiger partial charge in [0.1, 0.15) is 5.25 Å². The highest BCUT2D eigenvalue weighted by Crippen LogP contribution is 2.63. The van der Waals surface area contributed by atoms with Gasteiger partial charge in [0.05, 0.1) is 17.0 Å². The van der Waals surface area contributed by atoms with Crippen molar-refractivity contribution in [2.75, 3.05) is 0 Å². The van der Waals surface area contributed by atoms with E-state index < -0.39 is 26.4 Å². The van der Waals surface area contributed by atoms with Crippen LogP contribution in [0.2, 0.25) is 10.0 Å². The van der Waals surface area contributed by atoms with Gasteiger partial charge in [-0.1, -0.05) is 35.3 Å². The molecule has 0 unspecified atom stereocenters. The summed E-state index contributed by atoms with van der Waals surface area (Å²) in [6, 6.07) is 16.1. The van der Waals surface area contributed by atoms with E-state index in [0.29, 0.717) is 15.6 Å². The molecule has 120 valence electrons. The SMILES string of the molecule is N#CC1(C#N)[C@@H](c2cccc(Cl)c2)[C@@H]1S(=O)(=O)c1ccc(Cl)cc1. The number of nitriles is 2. The van der Waals surface area contributed by atoms with Crippen molar-refractivity contribution in [3.05, 3.63) is 64.1 Å². The van der Waals surface area contributed by atoms with Gasteiger partial charge in [0, 0.05) is 16.0 Å². The molecule has 0 N–H and O–H groups in total. The molecule has 0 aromatic heterocycles. The lowest BCUT2D eigenvalue weighted by atomic mass is 10.0. The normalized spacial score (nSPS) is 21.5. The highest BCUT2D eigenvalue weighted by atomic mass is 35.5. The summed E-state index contributed by atoms with van der Waals surface area (Å²) in [6.45, 7) is 0. The Labute approximate surface area is 149 Å². The predicted octanol–water partition coefficient (Wildman–Crippen LogP) is 3.97. The number of sulfone groups is 1. The smallest absolute Gasteiger partial charge is 0.184 e. The molecule has 0 bridgehead atoms. The lowest BCUT2D eigenvalue weighted by Crippen LogP contribution is -2.14. The molecule has 24 heavy (non-hydrogen) atoms. The fraction of sp³-hybridized carbons (Fsp3) is 0.176. The predicted molar refractivity (Wildman–Crippen MR) is 90.3 cm³/mol. The summed E-state index contributed by atoms with van der Waals surface area (Å²) in [5, 5.41) is 18.7. The van der Waals surface area contributed by atoms with E-state index in [-0.39, 0.29) is 4.90 Å². The molecule has 0 aliphatic heterocycles. The van der Waals surface area contributed by atoms with Gasteiger partial charge < -0.3 is 0 Å². The maximum absolute atomic E-state index is 12.9. The van der Waals surface area contributed by atoms with E-state index in [4.69, 9.17) is 23.2 Å². The van der Waals surface area contributed by atoms with Crippen molar-refractivity contribution in [2.24, 2.45) is 5.41 Å². The lowest BCUT2D eigenvalue weighted by molar-refractivity contribution is 0.591. The zero-order chi connectivity index (χ0) is 17.5. The Bertz CT molecular complexity index is 974. The van der Waals surface area contributed by atoms with Crippen LogP contribution >= 0.6 is 23.2 Å². The second-order valence-corrected chi connectivity index (χ2v) is 8.49. The van der Waals surface area contributed by atoms with Crippen LogP contribution in [0.15, 0.2) is 53.4 Å². The first-order valence-electron chi connectivity index (χ1n) is 6.94. The summed E-state index contributed by atoms with van der Waals surface area (Å²) in [4.78, 5) is 0.0382. The number of hydrogen-bond acceptors (Lipinski definition) is 4. The van der Waals surface area contributed by atoms with Gasteiger partial charge in [0.15, 0.2) is 15.3 Å². The third-order valence-electron chi connectivity index (χ3n) is 4.19. The summed E-state index contributed by atoms with van der Waals surface area (Å²) >= 11 is 11.8. The van der Waals surface area contributed by atoms with Crippen molar-refractivity contribution in [1.29, 1.82) is 10.5 Å². The van der Waals surface area contributed by atoms with Crippen LogP contribution in [0.1, 0.15) is 11.5 Å². The second kappa shape index (κ2) is 5.79. The average Bonchev–Trinajstić information content (AvgIpc) is 3.26. The molecule has 2 aromatic carbocycles. The summed E-state index contributed by atoms with van der Waals surface area (Å²) in [5.41, 5.74) is -1.06. The summed E-state index contributed by atoms with van der Waals surface area (Å²) in [7, 11) is -3.87. The fourth-order valence-corrected chi connectivity index (χ4v) is 5.51. The standard InChI is InChI=1S/C17H10Cl2N2O2S/c18-12-4-6-14(7-5-12)24(22,23)16-15(17(16,9-20)10-21)11-2-1-3-13(19)8-11/h1-8,15-16H/t15-,16-/m0/s1. The molecule has 0 saturated heterocycles. The lowest BCUT2D eigenvalue weighted by Gasteiger charge is -2.04. The maximum Gasteiger partial charge on any atom is 0.184 e. The molecule has 2 aromatic rings. The van der Waals surface area contributed by atoms with Gasteiger partial charge in [0.25, 0.3) is 0 Å². The Morgan fingerprint density at radius 3 is 2.12 bits per heavy atom. The van der Waals surface area contributed by atoms with Crippen LogP contribution in [0.5, 0.6) is 0 Å². The van der Waals surface area contributed by atoms with Crippen LogP contribution in [0.3, 0.4) is 0 Å². The van der Waals surface area contributed by atoms with Crippen molar-refractivity contribution in [3.8, 4) is 12.1 Å². The molecule has 1 fully saturated rings. The average molecular weight is 377 g/mol. The van der Waals surface area contributed by atoms with E-state index in [1.165, 1.54) is 24.3 Å². The summed E-state index contributed by atoms with van der Waals surface area (Å²) in [6.07, 6.45) is 0. The molecule has 3 rings (SSSR count). The Hall–Kier alpha value is -2.05. The van der Waals surface area contributed by atoms with E-state index in [9.17, 15) is 18.9 Å². The molecule has 1 saturated carbocycles. The molecule has 4 nitrogen and oxygen atoms in total. The third kappa shape index (κ3) is 2.46. The van der Waals surface area contributed by atoms with Gasteiger partial charge in [0.2, 0.25) is 0 Å². The van der Waals surface area contributed by atoms with Gasteiger partial charge in [-0.15, -0.1) is 0 Å². The number of halogens is 2. The first-order valence-corrected chi connectivity index (χ1v) is 9.24. The van der Waals surface area contributed by atoms with Crippen molar-refractivity contribution in [2.45, 2.75) is 16.1 Å². The molecule has 2 atom stereocenters. The number of hydrogen-bond donors (Lipinski definition) is 0. The quantitative estimate of drug-likeness (QED) is 0.811. The first-order chi connectivity index (χ1) is 11.4. The monoisotopic (exact) mass is 376 g/mol. The largest absolute Gasteiger partial charge is 0.223 e. The van der Waals surface area contributed by atoms with Crippen LogP contribution in [0, 0.1) is 28.1 Å².